The van der Waals surface area contributed by atoms with Crippen molar-refractivity contribution in [1.82, 2.24) is 0 Å². The Morgan fingerprint density at radius 2 is 2.50 bits per heavy atom. The second-order valence-electron chi connectivity index (χ2n) is 1.30. The van der Waals surface area contributed by atoms with E-state index in [4.69, 9.17) is 4.52 Å². The Kier molecular flexibility index (Phi) is 4.82. The van der Waals surface area contributed by atoms with Crippen molar-refractivity contribution in [3.8, 4) is 0 Å². The lowest BCUT2D eigenvalue weighted by molar-refractivity contribution is 0.334. The molecule has 0 fully saturated rings. The van der Waals surface area contributed by atoms with Crippen LogP contribution in [0.1, 0.15) is 13.3 Å². The minimum Gasteiger partial charge on any atom is -0.142 e. The molecule has 0 spiro atoms. The Balaban J connectivity index is 3.11. The molecular formula is C5H10O2P+. The van der Waals surface area contributed by atoms with E-state index in [9.17, 15) is 4.57 Å². The van der Waals surface area contributed by atoms with Gasteiger partial charge in [0.2, 0.25) is 0 Å². The summed E-state index contributed by atoms with van der Waals surface area (Å²) >= 11 is 0. The van der Waals surface area contributed by atoms with Crippen molar-refractivity contribution in [2.24, 2.45) is 0 Å². The Morgan fingerprint density at radius 3 is 2.88 bits per heavy atom. The molecule has 0 aromatic carbocycles. The van der Waals surface area contributed by atoms with Gasteiger partial charge in [0.15, 0.2) is 5.82 Å². The average Bonchev–Trinajstić information content (AvgIpc) is 1.83. The van der Waals surface area contributed by atoms with Crippen molar-refractivity contribution < 1.29 is 9.09 Å². The highest BCUT2D eigenvalue weighted by Crippen LogP contribution is 2.21. The van der Waals surface area contributed by atoms with Gasteiger partial charge in [0.05, 0.1) is 0 Å². The zero-order valence-electron chi connectivity index (χ0n) is 4.96. The first kappa shape index (κ1) is 7.80. The van der Waals surface area contributed by atoms with Crippen LogP contribution in [-0.4, -0.2) is 6.61 Å². The standard InChI is InChI=1S/C5H10O2P/c1-3-5-7-8(6)4-2/h4H,2-3,5H2,1H3/q+1. The molecule has 0 aliphatic heterocycles. The number of rotatable bonds is 4. The molecule has 0 amide bonds. The van der Waals surface area contributed by atoms with Crippen LogP contribution in [0.5, 0.6) is 0 Å². The SMILES string of the molecule is C=C[P+](=O)OCCC. The third-order valence-corrected chi connectivity index (χ3v) is 1.31. The van der Waals surface area contributed by atoms with E-state index < -0.39 is 8.03 Å². The highest BCUT2D eigenvalue weighted by molar-refractivity contribution is 7.42. The fraction of sp³-hybridized carbons (Fsp3) is 0.600. The molecule has 0 heterocycles. The first-order chi connectivity index (χ1) is 3.81. The molecule has 8 heavy (non-hydrogen) atoms. The third kappa shape index (κ3) is 3.97. The predicted molar refractivity (Wildman–Crippen MR) is 34.0 cm³/mol. The van der Waals surface area contributed by atoms with Gasteiger partial charge in [-0.2, -0.15) is 0 Å². The van der Waals surface area contributed by atoms with Crippen molar-refractivity contribution in [2.75, 3.05) is 6.61 Å². The highest BCUT2D eigenvalue weighted by atomic mass is 31.1. The molecule has 0 aliphatic rings. The predicted octanol–water partition coefficient (Wildman–Crippen LogP) is 2.30. The molecule has 0 aliphatic carbocycles. The zero-order valence-corrected chi connectivity index (χ0v) is 5.86. The van der Waals surface area contributed by atoms with Gasteiger partial charge in [0.25, 0.3) is 0 Å². The highest BCUT2D eigenvalue weighted by Gasteiger charge is 2.07. The normalized spacial score (nSPS) is 10.9. The summed E-state index contributed by atoms with van der Waals surface area (Å²) in [4.78, 5) is 0. The molecule has 2 nitrogen and oxygen atoms in total. The molecule has 0 aromatic rings. The van der Waals surface area contributed by atoms with Crippen molar-refractivity contribution in [3.05, 3.63) is 12.4 Å². The summed E-state index contributed by atoms with van der Waals surface area (Å²) in [5.41, 5.74) is 0. The maximum Gasteiger partial charge on any atom is 0.540 e. The topological polar surface area (TPSA) is 26.3 Å². The number of hydrogen-bond donors (Lipinski definition) is 0. The average molecular weight is 133 g/mol. The van der Waals surface area contributed by atoms with E-state index in [0.717, 1.165) is 6.42 Å². The Bertz CT molecular complexity index is 90.4. The van der Waals surface area contributed by atoms with Gasteiger partial charge in [0, 0.05) is 0 Å². The van der Waals surface area contributed by atoms with Crippen LogP contribution in [0.15, 0.2) is 12.4 Å². The summed E-state index contributed by atoms with van der Waals surface area (Å²) < 4.78 is 15.1. The van der Waals surface area contributed by atoms with E-state index in [1.807, 2.05) is 6.92 Å². The molecule has 46 valence electrons. The van der Waals surface area contributed by atoms with E-state index in [2.05, 4.69) is 6.58 Å². The van der Waals surface area contributed by atoms with Gasteiger partial charge < -0.3 is 0 Å². The number of hydrogen-bond acceptors (Lipinski definition) is 2. The maximum atomic E-state index is 10.4. The minimum atomic E-state index is -1.57. The molecule has 0 bridgehead atoms. The van der Waals surface area contributed by atoms with Crippen LogP contribution < -0.4 is 0 Å². The van der Waals surface area contributed by atoms with E-state index in [1.54, 1.807) is 0 Å². The van der Waals surface area contributed by atoms with Gasteiger partial charge in [-0.05, 0) is 17.6 Å². The van der Waals surface area contributed by atoms with Crippen molar-refractivity contribution in [3.63, 3.8) is 0 Å². The lowest BCUT2D eigenvalue weighted by atomic mass is 10.5. The summed E-state index contributed by atoms with van der Waals surface area (Å²) in [5.74, 6) is 1.31. The third-order valence-electron chi connectivity index (χ3n) is 0.572. The first-order valence-electron chi connectivity index (χ1n) is 2.53. The molecule has 0 saturated heterocycles. The van der Waals surface area contributed by atoms with Gasteiger partial charge in [-0.15, -0.1) is 4.52 Å². The molecule has 1 atom stereocenters. The van der Waals surface area contributed by atoms with Crippen molar-refractivity contribution >= 4 is 8.03 Å². The summed E-state index contributed by atoms with van der Waals surface area (Å²) in [5, 5.41) is 0. The maximum absolute atomic E-state index is 10.4. The van der Waals surface area contributed by atoms with Crippen LogP contribution >= 0.6 is 8.03 Å². The van der Waals surface area contributed by atoms with E-state index in [0.29, 0.717) is 6.61 Å². The fourth-order valence-electron chi connectivity index (χ4n) is 0.234. The lowest BCUT2D eigenvalue weighted by Gasteiger charge is -1.79. The zero-order chi connectivity index (χ0) is 6.41. The van der Waals surface area contributed by atoms with Crippen LogP contribution in [0.2, 0.25) is 0 Å². The molecule has 0 aromatic heterocycles. The van der Waals surface area contributed by atoms with Crippen molar-refractivity contribution in [2.45, 2.75) is 13.3 Å². The van der Waals surface area contributed by atoms with Crippen LogP contribution in [0.4, 0.5) is 0 Å². The first-order valence-corrected chi connectivity index (χ1v) is 3.77. The fourth-order valence-corrected chi connectivity index (χ4v) is 0.702. The monoisotopic (exact) mass is 133 g/mol. The van der Waals surface area contributed by atoms with E-state index in [-0.39, 0.29) is 0 Å². The smallest absolute Gasteiger partial charge is 0.142 e. The molecular weight excluding hydrogens is 123 g/mol. The molecule has 0 rings (SSSR count). The Morgan fingerprint density at radius 1 is 1.88 bits per heavy atom. The summed E-state index contributed by atoms with van der Waals surface area (Å²) in [6.07, 6.45) is 0.898. The summed E-state index contributed by atoms with van der Waals surface area (Å²) in [6, 6.07) is 0. The molecule has 3 heteroatoms. The van der Waals surface area contributed by atoms with Gasteiger partial charge in [-0.1, -0.05) is 6.92 Å². The molecule has 0 saturated carbocycles. The van der Waals surface area contributed by atoms with Crippen LogP contribution in [0.3, 0.4) is 0 Å². The Labute approximate surface area is 50.4 Å². The van der Waals surface area contributed by atoms with E-state index in [1.165, 1.54) is 5.82 Å². The second kappa shape index (κ2) is 4.95. The Hall–Kier alpha value is -0.200. The molecule has 1 unspecified atom stereocenters. The van der Waals surface area contributed by atoms with Crippen molar-refractivity contribution in [1.29, 1.82) is 0 Å². The van der Waals surface area contributed by atoms with Crippen LogP contribution in [-0.2, 0) is 9.09 Å². The van der Waals surface area contributed by atoms with Gasteiger partial charge >= 0.3 is 8.03 Å². The van der Waals surface area contributed by atoms with Crippen LogP contribution in [0, 0.1) is 0 Å². The molecule has 0 N–H and O–H groups in total. The van der Waals surface area contributed by atoms with Gasteiger partial charge in [-0.3, -0.25) is 0 Å². The largest absolute Gasteiger partial charge is 0.540 e. The van der Waals surface area contributed by atoms with Gasteiger partial charge in [-0.25, -0.2) is 0 Å². The summed E-state index contributed by atoms with van der Waals surface area (Å²) in [6.45, 7) is 5.83. The van der Waals surface area contributed by atoms with E-state index >= 15 is 0 Å². The summed E-state index contributed by atoms with van der Waals surface area (Å²) in [7, 11) is -1.57. The lowest BCUT2D eigenvalue weighted by Crippen LogP contribution is -1.78. The minimum absolute atomic E-state index is 0.557. The second-order valence-corrected chi connectivity index (χ2v) is 2.50. The molecule has 0 radical (unpaired) electrons. The quantitative estimate of drug-likeness (QED) is 0.550. The van der Waals surface area contributed by atoms with Crippen LogP contribution in [0.25, 0.3) is 0 Å². The van der Waals surface area contributed by atoms with Gasteiger partial charge in [0.1, 0.15) is 6.61 Å².